The van der Waals surface area contributed by atoms with Gasteiger partial charge in [0.2, 0.25) is 11.8 Å². The van der Waals surface area contributed by atoms with Crippen molar-refractivity contribution in [2.75, 3.05) is 11.9 Å². The maximum atomic E-state index is 12.0. The molecular weight excluding hydrogens is 380 g/mol. The van der Waals surface area contributed by atoms with Crippen LogP contribution in [0.15, 0.2) is 54.6 Å². The predicted molar refractivity (Wildman–Crippen MR) is 112 cm³/mol. The molecule has 0 radical (unpaired) electrons. The summed E-state index contributed by atoms with van der Waals surface area (Å²) in [6.07, 6.45) is 8.34. The average molecular weight is 395 g/mol. The van der Waals surface area contributed by atoms with E-state index in [2.05, 4.69) is 16.6 Å². The molecule has 0 aliphatic heterocycles. The highest BCUT2D eigenvalue weighted by atomic mass is 35.5. The van der Waals surface area contributed by atoms with Gasteiger partial charge >= 0.3 is 0 Å². The number of amides is 2. The smallest absolute Gasteiger partial charge is 0.244 e. The van der Waals surface area contributed by atoms with Gasteiger partial charge in [-0.1, -0.05) is 41.8 Å². The molecule has 2 aromatic carbocycles. The molecule has 3 rings (SSSR count). The second-order valence-electron chi connectivity index (χ2n) is 5.60. The van der Waals surface area contributed by atoms with Crippen LogP contribution in [-0.4, -0.2) is 18.4 Å². The van der Waals surface area contributed by atoms with Crippen molar-refractivity contribution in [1.29, 1.82) is 0 Å². The number of anilines is 1. The molecule has 0 atom stereocenters. The molecule has 0 unspecified atom stereocenters. The van der Waals surface area contributed by atoms with Crippen molar-refractivity contribution in [2.24, 2.45) is 0 Å². The van der Waals surface area contributed by atoms with Gasteiger partial charge in [0, 0.05) is 32.3 Å². The van der Waals surface area contributed by atoms with E-state index in [1.165, 1.54) is 17.4 Å². The van der Waals surface area contributed by atoms with E-state index in [1.54, 1.807) is 30.3 Å². The first-order valence-electron chi connectivity index (χ1n) is 8.06. The zero-order valence-corrected chi connectivity index (χ0v) is 15.7. The van der Waals surface area contributed by atoms with Gasteiger partial charge in [0.05, 0.1) is 11.6 Å². The Kier molecular flexibility index (Phi) is 5.92. The third kappa shape index (κ3) is 4.76. The summed E-state index contributed by atoms with van der Waals surface area (Å²) in [5.41, 5.74) is 1.25. The molecule has 0 spiro atoms. The molecule has 2 N–H and O–H groups in total. The predicted octanol–water partition coefficient (Wildman–Crippen LogP) is 4.30. The van der Waals surface area contributed by atoms with Crippen LogP contribution in [0, 0.1) is 12.3 Å². The molecule has 2 amide bonds. The van der Waals surface area contributed by atoms with Crippen LogP contribution in [0.1, 0.15) is 10.4 Å². The van der Waals surface area contributed by atoms with Crippen molar-refractivity contribution in [3.8, 4) is 12.3 Å². The summed E-state index contributed by atoms with van der Waals surface area (Å²) >= 11 is 7.83. The Morgan fingerprint density at radius 3 is 2.78 bits per heavy atom. The van der Waals surface area contributed by atoms with Gasteiger partial charge in [-0.25, -0.2) is 0 Å². The van der Waals surface area contributed by atoms with E-state index in [0.29, 0.717) is 16.3 Å². The monoisotopic (exact) mass is 394 g/mol. The van der Waals surface area contributed by atoms with E-state index in [1.807, 2.05) is 24.3 Å². The van der Waals surface area contributed by atoms with Crippen molar-refractivity contribution in [1.82, 2.24) is 5.32 Å². The lowest BCUT2D eigenvalue weighted by atomic mass is 10.2. The minimum atomic E-state index is -0.379. The molecule has 0 bridgehead atoms. The van der Waals surface area contributed by atoms with Crippen molar-refractivity contribution in [3.63, 3.8) is 0 Å². The summed E-state index contributed by atoms with van der Waals surface area (Å²) in [4.78, 5) is 24.7. The zero-order valence-electron chi connectivity index (χ0n) is 14.2. The largest absolute Gasteiger partial charge is 0.343 e. The normalized spacial score (nSPS) is 10.7. The number of rotatable bonds is 5. The first-order valence-corrected chi connectivity index (χ1v) is 9.26. The number of terminal acetylenes is 1. The average Bonchev–Trinajstić information content (AvgIpc) is 3.01. The number of carbonyl (C=O) groups excluding carboxylic acids is 2. The lowest BCUT2D eigenvalue weighted by molar-refractivity contribution is -0.121. The van der Waals surface area contributed by atoms with E-state index in [0.717, 1.165) is 15.0 Å². The van der Waals surface area contributed by atoms with Gasteiger partial charge in [0.25, 0.3) is 0 Å². The van der Waals surface area contributed by atoms with Gasteiger partial charge in [-0.3, -0.25) is 9.59 Å². The van der Waals surface area contributed by atoms with Gasteiger partial charge in [-0.2, -0.15) is 0 Å². The quantitative estimate of drug-likeness (QED) is 0.500. The number of benzene rings is 2. The first kappa shape index (κ1) is 18.7. The van der Waals surface area contributed by atoms with Crippen molar-refractivity contribution in [3.05, 3.63) is 70.1 Å². The summed E-state index contributed by atoms with van der Waals surface area (Å²) in [7, 11) is 0. The molecule has 4 nitrogen and oxygen atoms in total. The second-order valence-corrected chi connectivity index (χ2v) is 7.06. The standard InChI is InChI=1S/C21H15ClN2O2S/c1-2-14-6-5-7-15(12-14)24-20(26)13-23-19(25)11-10-18-21(22)16-8-3-4-9-17(16)27-18/h1,3-12H,13H2,(H,23,25)(H,24,26)/b11-10+. The molecule has 1 aromatic heterocycles. The topological polar surface area (TPSA) is 58.2 Å². The number of carbonyl (C=O) groups is 2. The van der Waals surface area contributed by atoms with Gasteiger partial charge in [-0.15, -0.1) is 17.8 Å². The molecule has 3 aromatic rings. The SMILES string of the molecule is C#Cc1cccc(NC(=O)CNC(=O)/C=C/c2sc3ccccc3c2Cl)c1. The fourth-order valence-electron chi connectivity index (χ4n) is 2.41. The molecule has 6 heteroatoms. The fraction of sp³-hybridized carbons (Fsp3) is 0.0476. The van der Waals surface area contributed by atoms with Crippen molar-refractivity contribution < 1.29 is 9.59 Å². The van der Waals surface area contributed by atoms with Gasteiger partial charge < -0.3 is 10.6 Å². The molecule has 27 heavy (non-hydrogen) atoms. The summed E-state index contributed by atoms with van der Waals surface area (Å²) in [5, 5.41) is 6.79. The third-order valence-corrected chi connectivity index (χ3v) is 5.34. The van der Waals surface area contributed by atoms with E-state index in [4.69, 9.17) is 18.0 Å². The van der Waals surface area contributed by atoms with E-state index in [-0.39, 0.29) is 18.4 Å². The number of halogens is 1. The highest BCUT2D eigenvalue weighted by Crippen LogP contribution is 2.35. The van der Waals surface area contributed by atoms with Gasteiger partial charge in [-0.05, 0) is 30.3 Å². The number of thiophene rings is 1. The Balaban J connectivity index is 1.55. The highest BCUT2D eigenvalue weighted by molar-refractivity contribution is 7.20. The van der Waals surface area contributed by atoms with E-state index >= 15 is 0 Å². The van der Waals surface area contributed by atoms with E-state index in [9.17, 15) is 9.59 Å². The van der Waals surface area contributed by atoms with E-state index < -0.39 is 0 Å². The Morgan fingerprint density at radius 2 is 2.00 bits per heavy atom. The van der Waals surface area contributed by atoms with Crippen LogP contribution < -0.4 is 10.6 Å². The molecule has 0 aliphatic rings. The maximum absolute atomic E-state index is 12.0. The summed E-state index contributed by atoms with van der Waals surface area (Å²) < 4.78 is 1.05. The van der Waals surface area contributed by atoms with Crippen LogP contribution in [0.2, 0.25) is 5.02 Å². The molecule has 0 fully saturated rings. The van der Waals surface area contributed by atoms with Crippen LogP contribution in [0.3, 0.4) is 0 Å². The number of nitrogens with one attached hydrogen (secondary N) is 2. The van der Waals surface area contributed by atoms with Crippen LogP contribution in [-0.2, 0) is 9.59 Å². The Bertz CT molecular complexity index is 1080. The van der Waals surface area contributed by atoms with Crippen molar-refractivity contribution in [2.45, 2.75) is 0 Å². The minimum absolute atomic E-state index is 0.149. The molecule has 0 saturated carbocycles. The number of fused-ring (bicyclic) bond motifs is 1. The molecule has 134 valence electrons. The number of hydrogen-bond acceptors (Lipinski definition) is 3. The summed E-state index contributed by atoms with van der Waals surface area (Å²) in [6, 6.07) is 14.7. The van der Waals surface area contributed by atoms with Crippen molar-refractivity contribution >= 4 is 56.6 Å². The molecule has 0 saturated heterocycles. The maximum Gasteiger partial charge on any atom is 0.244 e. The van der Waals surface area contributed by atoms with Crippen LogP contribution in [0.25, 0.3) is 16.2 Å². The minimum Gasteiger partial charge on any atom is -0.343 e. The van der Waals surface area contributed by atoms with Crippen LogP contribution >= 0.6 is 22.9 Å². The Labute approximate surface area is 165 Å². The molecule has 0 aliphatic carbocycles. The van der Waals surface area contributed by atoms with Crippen LogP contribution in [0.5, 0.6) is 0 Å². The first-order chi connectivity index (χ1) is 13.1. The lowest BCUT2D eigenvalue weighted by Crippen LogP contribution is -2.31. The molecular formula is C21H15ClN2O2S. The lowest BCUT2D eigenvalue weighted by Gasteiger charge is -2.06. The third-order valence-electron chi connectivity index (χ3n) is 3.68. The zero-order chi connectivity index (χ0) is 19.2. The summed E-state index contributed by atoms with van der Waals surface area (Å²) in [5.74, 6) is 1.78. The second kappa shape index (κ2) is 8.54. The fourth-order valence-corrected chi connectivity index (χ4v) is 3.81. The highest BCUT2D eigenvalue weighted by Gasteiger charge is 2.08. The Morgan fingerprint density at radius 1 is 1.19 bits per heavy atom. The van der Waals surface area contributed by atoms with Gasteiger partial charge in [0.15, 0.2) is 0 Å². The number of hydrogen-bond donors (Lipinski definition) is 2. The molecule has 1 heterocycles. The van der Waals surface area contributed by atoms with Gasteiger partial charge in [0.1, 0.15) is 0 Å². The summed E-state index contributed by atoms with van der Waals surface area (Å²) in [6.45, 7) is -0.149. The van der Waals surface area contributed by atoms with Crippen LogP contribution in [0.4, 0.5) is 5.69 Å². The Hall–Kier alpha value is -3.07.